The molecule has 0 aromatic rings. The van der Waals surface area contributed by atoms with E-state index in [1.54, 1.807) is 0 Å². The van der Waals surface area contributed by atoms with Gasteiger partial charge < -0.3 is 15.1 Å². The maximum absolute atomic E-state index is 12.5. The first-order valence-electron chi connectivity index (χ1n) is 6.03. The van der Waals surface area contributed by atoms with Crippen molar-refractivity contribution in [2.45, 2.75) is 36.4 Å². The molecule has 0 aromatic carbocycles. The van der Waals surface area contributed by atoms with Gasteiger partial charge >= 0.3 is 11.9 Å². The first-order chi connectivity index (χ1) is 9.01. The summed E-state index contributed by atoms with van der Waals surface area (Å²) in [5, 5.41) is 16.9. The van der Waals surface area contributed by atoms with Crippen molar-refractivity contribution in [2.75, 3.05) is 0 Å². The van der Waals surface area contributed by atoms with E-state index in [4.69, 9.17) is 5.11 Å². The van der Waals surface area contributed by atoms with Gasteiger partial charge in [-0.25, -0.2) is 13.2 Å². The van der Waals surface area contributed by atoms with Crippen LogP contribution in [0, 0.1) is 11.3 Å². The average Bonchev–Trinajstić information content (AvgIpc) is 3.01. The molecule has 0 aromatic heterocycles. The molecule has 9 heteroatoms. The van der Waals surface area contributed by atoms with Crippen LogP contribution in [0.15, 0.2) is 0 Å². The highest BCUT2D eigenvalue weighted by molar-refractivity contribution is 7.94. The van der Waals surface area contributed by atoms with E-state index in [0.717, 1.165) is 4.90 Å². The number of β-lactam (4-membered cyclic amide) rings is 1. The molecular weight excluding hydrogens is 290 g/mol. The van der Waals surface area contributed by atoms with Crippen LogP contribution in [-0.2, 0) is 24.2 Å². The van der Waals surface area contributed by atoms with Crippen LogP contribution in [-0.4, -0.2) is 57.5 Å². The topological polar surface area (TPSA) is 129 Å². The number of carbonyl (C=O) groups is 3. The number of fused-ring (bicyclic) bond motifs is 2. The summed E-state index contributed by atoms with van der Waals surface area (Å²) >= 11 is 0. The number of hydrogen-bond acceptors (Lipinski definition) is 5. The zero-order valence-electron chi connectivity index (χ0n) is 10.7. The minimum Gasteiger partial charge on any atom is -0.481 e. The Kier molecular flexibility index (Phi) is 2.11. The number of amides is 1. The molecule has 110 valence electrons. The predicted octanol–water partition coefficient (Wildman–Crippen LogP) is -1.09. The van der Waals surface area contributed by atoms with Gasteiger partial charge in [0, 0.05) is 0 Å². The first kappa shape index (κ1) is 13.3. The van der Waals surface area contributed by atoms with Crippen molar-refractivity contribution < 1.29 is 33.0 Å². The Bertz CT molecular complexity index is 666. The van der Waals surface area contributed by atoms with E-state index in [9.17, 15) is 27.9 Å². The van der Waals surface area contributed by atoms with Gasteiger partial charge in [0.05, 0.1) is 16.1 Å². The second kappa shape index (κ2) is 3.16. The standard InChI is InChI=1S/C11H13NO7S/c1-10(2)5(7(15)16)12-8(17)11(3-4(11)6(13)14)9(12)20(10,18)19/h4-5,9H,3H2,1-2H3,(H,13,14)(H,15,16)/t4-,5-,9+,11+/m0/s1. The summed E-state index contributed by atoms with van der Waals surface area (Å²) in [4.78, 5) is 35.3. The Balaban J connectivity index is 2.12. The van der Waals surface area contributed by atoms with Gasteiger partial charge in [-0.15, -0.1) is 0 Å². The minimum atomic E-state index is -3.94. The van der Waals surface area contributed by atoms with Crippen LogP contribution in [0.1, 0.15) is 20.3 Å². The van der Waals surface area contributed by atoms with Crippen LogP contribution in [0.5, 0.6) is 0 Å². The second-order valence-corrected chi connectivity index (χ2v) is 8.68. The molecule has 8 nitrogen and oxygen atoms in total. The van der Waals surface area contributed by atoms with Crippen molar-refractivity contribution in [1.29, 1.82) is 0 Å². The fourth-order valence-electron chi connectivity index (χ4n) is 3.60. The summed E-state index contributed by atoms with van der Waals surface area (Å²) in [5.74, 6) is -4.31. The lowest BCUT2D eigenvalue weighted by Crippen LogP contribution is -2.66. The van der Waals surface area contributed by atoms with E-state index >= 15 is 0 Å². The molecule has 2 N–H and O–H groups in total. The summed E-state index contributed by atoms with van der Waals surface area (Å²) in [6.45, 7) is 2.52. The maximum atomic E-state index is 12.5. The van der Waals surface area contributed by atoms with Gasteiger partial charge in [0.1, 0.15) is 6.04 Å². The third-order valence-corrected chi connectivity index (χ3v) is 7.75. The quantitative estimate of drug-likeness (QED) is 0.620. The van der Waals surface area contributed by atoms with E-state index in [2.05, 4.69) is 0 Å². The Labute approximate surface area is 114 Å². The smallest absolute Gasteiger partial charge is 0.328 e. The molecule has 1 aliphatic carbocycles. The molecule has 0 unspecified atom stereocenters. The molecule has 1 spiro atoms. The molecule has 2 aliphatic heterocycles. The third-order valence-electron chi connectivity index (χ3n) is 4.83. The molecule has 2 saturated heterocycles. The van der Waals surface area contributed by atoms with Crippen LogP contribution >= 0.6 is 0 Å². The van der Waals surface area contributed by atoms with Gasteiger partial charge in [-0.2, -0.15) is 0 Å². The van der Waals surface area contributed by atoms with E-state index in [1.165, 1.54) is 13.8 Å². The van der Waals surface area contributed by atoms with Gasteiger partial charge in [0.15, 0.2) is 15.2 Å². The van der Waals surface area contributed by atoms with Gasteiger partial charge in [0.25, 0.3) is 0 Å². The summed E-state index contributed by atoms with van der Waals surface area (Å²) in [5.41, 5.74) is -1.44. The fourth-order valence-corrected chi connectivity index (χ4v) is 6.14. The van der Waals surface area contributed by atoms with Gasteiger partial charge in [-0.3, -0.25) is 9.59 Å². The van der Waals surface area contributed by atoms with E-state index in [1.807, 2.05) is 0 Å². The molecule has 20 heavy (non-hydrogen) atoms. The third kappa shape index (κ3) is 1.06. The van der Waals surface area contributed by atoms with Crippen LogP contribution in [0.4, 0.5) is 0 Å². The second-order valence-electron chi connectivity index (χ2n) is 6.09. The highest BCUT2D eigenvalue weighted by Gasteiger charge is 2.86. The van der Waals surface area contributed by atoms with Crippen LogP contribution in [0.3, 0.4) is 0 Å². The molecular formula is C11H13NO7S. The Morgan fingerprint density at radius 1 is 1.25 bits per heavy atom. The lowest BCUT2D eigenvalue weighted by atomic mass is 9.87. The zero-order valence-corrected chi connectivity index (χ0v) is 11.5. The van der Waals surface area contributed by atoms with Gasteiger partial charge in [-0.05, 0) is 20.3 Å². The molecule has 2 heterocycles. The number of nitrogens with zero attached hydrogens (tertiary/aromatic N) is 1. The van der Waals surface area contributed by atoms with Crippen molar-refractivity contribution in [1.82, 2.24) is 4.90 Å². The van der Waals surface area contributed by atoms with Crippen molar-refractivity contribution in [2.24, 2.45) is 11.3 Å². The maximum Gasteiger partial charge on any atom is 0.328 e. The van der Waals surface area contributed by atoms with Gasteiger partial charge in [-0.1, -0.05) is 0 Å². The van der Waals surface area contributed by atoms with Crippen LogP contribution in [0.25, 0.3) is 0 Å². The summed E-state index contributed by atoms with van der Waals surface area (Å²) in [6, 6.07) is -1.47. The number of carboxylic acid groups (broad SMARTS) is 2. The number of sulfone groups is 1. The highest BCUT2D eigenvalue weighted by Crippen LogP contribution is 2.69. The summed E-state index contributed by atoms with van der Waals surface area (Å²) in [7, 11) is -3.94. The normalized spacial score (nSPS) is 43.0. The van der Waals surface area contributed by atoms with Crippen molar-refractivity contribution in [3.8, 4) is 0 Å². The number of carboxylic acids is 2. The Morgan fingerprint density at radius 3 is 2.20 bits per heavy atom. The van der Waals surface area contributed by atoms with Crippen molar-refractivity contribution >= 4 is 27.7 Å². The highest BCUT2D eigenvalue weighted by atomic mass is 32.2. The lowest BCUT2D eigenvalue weighted by Gasteiger charge is -2.43. The Morgan fingerprint density at radius 2 is 1.80 bits per heavy atom. The van der Waals surface area contributed by atoms with Crippen molar-refractivity contribution in [3.05, 3.63) is 0 Å². The fraction of sp³-hybridized carbons (Fsp3) is 0.727. The van der Waals surface area contributed by atoms with E-state index in [-0.39, 0.29) is 6.42 Å². The van der Waals surface area contributed by atoms with E-state index in [0.29, 0.717) is 0 Å². The molecule has 3 aliphatic rings. The predicted molar refractivity (Wildman–Crippen MR) is 63.2 cm³/mol. The van der Waals surface area contributed by atoms with E-state index < -0.39 is 55.2 Å². The van der Waals surface area contributed by atoms with Crippen LogP contribution in [0.2, 0.25) is 0 Å². The molecule has 0 bridgehead atoms. The molecule has 3 rings (SSSR count). The Hall–Kier alpha value is -1.64. The monoisotopic (exact) mass is 303 g/mol. The molecule has 1 amide bonds. The van der Waals surface area contributed by atoms with Gasteiger partial charge in [0.2, 0.25) is 5.91 Å². The molecule has 4 atom stereocenters. The summed E-state index contributed by atoms with van der Waals surface area (Å²) < 4.78 is 23.4. The lowest BCUT2D eigenvalue weighted by molar-refractivity contribution is -0.168. The minimum absolute atomic E-state index is 0.0377. The molecule has 0 radical (unpaired) electrons. The zero-order chi connectivity index (χ0) is 15.2. The largest absolute Gasteiger partial charge is 0.481 e. The SMILES string of the molecule is CC1(C)[C@H](C(=O)O)N2C(=O)[C@]3(C[C@H]3C(=O)O)[C@H]2S1(=O)=O. The summed E-state index contributed by atoms with van der Waals surface area (Å²) in [6.07, 6.45) is -0.0377. The van der Waals surface area contributed by atoms with Crippen molar-refractivity contribution in [3.63, 3.8) is 0 Å². The average molecular weight is 303 g/mol. The number of carbonyl (C=O) groups excluding carboxylic acids is 1. The molecule has 3 fully saturated rings. The van der Waals surface area contributed by atoms with Crippen LogP contribution < -0.4 is 0 Å². The first-order valence-corrected chi connectivity index (χ1v) is 7.57. The number of aliphatic carboxylic acids is 2. The molecule has 1 saturated carbocycles. The number of rotatable bonds is 2. The number of hydrogen-bond donors (Lipinski definition) is 2.